The lowest BCUT2D eigenvalue weighted by atomic mass is 10.1. The van der Waals surface area contributed by atoms with Crippen LogP contribution >= 0.6 is 0 Å². The van der Waals surface area contributed by atoms with E-state index in [4.69, 9.17) is 0 Å². The van der Waals surface area contributed by atoms with Gasteiger partial charge in [-0.3, -0.25) is 4.79 Å². The normalized spacial score (nSPS) is 16.6. The highest BCUT2D eigenvalue weighted by Gasteiger charge is 2.16. The number of aryl methyl sites for hydroxylation is 1. The van der Waals surface area contributed by atoms with Crippen LogP contribution in [0.25, 0.3) is 17.0 Å². The molecule has 1 aliphatic rings. The van der Waals surface area contributed by atoms with Crippen molar-refractivity contribution in [3.63, 3.8) is 0 Å². The van der Waals surface area contributed by atoms with Crippen molar-refractivity contribution in [2.45, 2.75) is 45.3 Å². The molecular formula is C27H32N2O2. The Morgan fingerprint density at radius 3 is 2.45 bits per heavy atom. The maximum Gasteiger partial charge on any atom is 0.185 e. The first-order valence-electron chi connectivity index (χ1n) is 11.4. The summed E-state index contributed by atoms with van der Waals surface area (Å²) in [5, 5.41) is 11.9. The van der Waals surface area contributed by atoms with E-state index in [1.807, 2.05) is 49.4 Å². The number of rotatable bonds is 7. The number of carbonyl (C=O) groups is 1. The van der Waals surface area contributed by atoms with E-state index in [2.05, 4.69) is 27.8 Å². The molecule has 1 atom stereocenters. The number of para-hydroxylation sites is 1. The van der Waals surface area contributed by atoms with Gasteiger partial charge >= 0.3 is 0 Å². The van der Waals surface area contributed by atoms with Gasteiger partial charge in [-0.05, 0) is 51.1 Å². The summed E-state index contributed by atoms with van der Waals surface area (Å²) in [5.74, 6) is -0.00182. The smallest absolute Gasteiger partial charge is 0.185 e. The van der Waals surface area contributed by atoms with Crippen LogP contribution in [0.3, 0.4) is 0 Å². The van der Waals surface area contributed by atoms with Crippen LogP contribution < -0.4 is 0 Å². The standard InChI is InChI=1S/C27H32N2O2/c1-21-10-12-22(13-11-21)27(31)15-14-23-18-29(26-9-5-4-8-25(23)26)20-24(30)19-28-16-6-2-3-7-17-28/h4-5,8-15,18,24,30H,2-3,6-7,16-17,19-20H2,1H3/b15-14+/t24-/m1/s1. The highest BCUT2D eigenvalue weighted by Crippen LogP contribution is 2.23. The SMILES string of the molecule is Cc1ccc(C(=O)/C=C/c2cn(C[C@H](O)CN3CCCCCC3)c3ccccc23)cc1. The van der Waals surface area contributed by atoms with Crippen LogP contribution in [-0.2, 0) is 6.54 Å². The molecule has 2 heterocycles. The molecule has 0 saturated carbocycles. The number of ketones is 1. The maximum atomic E-state index is 12.6. The fourth-order valence-electron chi connectivity index (χ4n) is 4.44. The molecule has 0 aliphatic carbocycles. The highest BCUT2D eigenvalue weighted by molar-refractivity contribution is 6.07. The van der Waals surface area contributed by atoms with Crippen molar-refractivity contribution in [3.05, 3.63) is 77.5 Å². The van der Waals surface area contributed by atoms with Crippen LogP contribution in [0.4, 0.5) is 0 Å². The monoisotopic (exact) mass is 416 g/mol. The zero-order chi connectivity index (χ0) is 21.6. The van der Waals surface area contributed by atoms with Crippen LogP contribution in [0, 0.1) is 6.92 Å². The highest BCUT2D eigenvalue weighted by atomic mass is 16.3. The van der Waals surface area contributed by atoms with Gasteiger partial charge in [0.15, 0.2) is 5.78 Å². The van der Waals surface area contributed by atoms with Gasteiger partial charge in [-0.15, -0.1) is 0 Å². The van der Waals surface area contributed by atoms with Gasteiger partial charge in [-0.25, -0.2) is 0 Å². The van der Waals surface area contributed by atoms with Gasteiger partial charge < -0.3 is 14.6 Å². The van der Waals surface area contributed by atoms with Gasteiger partial charge in [-0.1, -0.05) is 60.9 Å². The van der Waals surface area contributed by atoms with Crippen molar-refractivity contribution in [2.24, 2.45) is 0 Å². The van der Waals surface area contributed by atoms with Gasteiger partial charge in [-0.2, -0.15) is 0 Å². The number of β-amino-alcohol motifs (C(OH)–C–C–N with tert-alkyl or cyclic N) is 1. The summed E-state index contributed by atoms with van der Waals surface area (Å²) in [7, 11) is 0. The zero-order valence-corrected chi connectivity index (χ0v) is 18.3. The Balaban J connectivity index is 1.50. The van der Waals surface area contributed by atoms with Gasteiger partial charge in [0.25, 0.3) is 0 Å². The summed E-state index contributed by atoms with van der Waals surface area (Å²) in [4.78, 5) is 15.0. The minimum atomic E-state index is -0.417. The Kier molecular flexibility index (Phi) is 7.00. The quantitative estimate of drug-likeness (QED) is 0.431. The van der Waals surface area contributed by atoms with Crippen molar-refractivity contribution in [1.29, 1.82) is 0 Å². The average molecular weight is 417 g/mol. The molecule has 3 aromatic rings. The van der Waals surface area contributed by atoms with Gasteiger partial charge in [0, 0.05) is 41.3 Å². The molecule has 0 radical (unpaired) electrons. The summed E-state index contributed by atoms with van der Waals surface area (Å²) in [6.45, 7) is 5.44. The second-order valence-corrected chi connectivity index (χ2v) is 8.69. The Hall–Kier alpha value is -2.69. The van der Waals surface area contributed by atoms with Crippen molar-refractivity contribution >= 4 is 22.8 Å². The second kappa shape index (κ2) is 10.1. The molecule has 0 bridgehead atoms. The van der Waals surface area contributed by atoms with Crippen LogP contribution in [0.1, 0.15) is 47.2 Å². The molecular weight excluding hydrogens is 384 g/mol. The first kappa shape index (κ1) is 21.5. The van der Waals surface area contributed by atoms with Crippen molar-refractivity contribution in [1.82, 2.24) is 9.47 Å². The van der Waals surface area contributed by atoms with Crippen molar-refractivity contribution in [2.75, 3.05) is 19.6 Å². The van der Waals surface area contributed by atoms with Crippen LogP contribution in [-0.4, -0.2) is 46.1 Å². The molecule has 1 aromatic heterocycles. The molecule has 4 rings (SSSR count). The van der Waals surface area contributed by atoms with Crippen LogP contribution in [0.2, 0.25) is 0 Å². The first-order valence-corrected chi connectivity index (χ1v) is 11.4. The van der Waals surface area contributed by atoms with E-state index in [9.17, 15) is 9.90 Å². The average Bonchev–Trinajstić information content (AvgIpc) is 2.93. The molecule has 0 amide bonds. The Morgan fingerprint density at radius 1 is 1.00 bits per heavy atom. The fraction of sp³-hybridized carbons (Fsp3) is 0.370. The van der Waals surface area contributed by atoms with E-state index >= 15 is 0 Å². The number of nitrogens with zero attached hydrogens (tertiary/aromatic N) is 2. The lowest BCUT2D eigenvalue weighted by Gasteiger charge is -2.23. The maximum absolute atomic E-state index is 12.6. The molecule has 2 aromatic carbocycles. The Morgan fingerprint density at radius 2 is 1.71 bits per heavy atom. The number of carbonyl (C=O) groups excluding carboxylic acids is 1. The number of aromatic nitrogens is 1. The third kappa shape index (κ3) is 5.52. The van der Waals surface area contributed by atoms with Crippen molar-refractivity contribution in [3.8, 4) is 0 Å². The van der Waals surface area contributed by atoms with Crippen LogP contribution in [0.15, 0.2) is 60.8 Å². The van der Waals surface area contributed by atoms with E-state index in [0.717, 1.165) is 35.1 Å². The number of allylic oxidation sites excluding steroid dienone is 1. The summed E-state index contributed by atoms with van der Waals surface area (Å²) in [6.07, 6.45) is 10.2. The van der Waals surface area contributed by atoms with E-state index in [1.165, 1.54) is 25.7 Å². The van der Waals surface area contributed by atoms with Gasteiger partial charge in [0.2, 0.25) is 0 Å². The summed E-state index contributed by atoms with van der Waals surface area (Å²) in [6, 6.07) is 15.8. The predicted octanol–water partition coefficient (Wildman–Crippen LogP) is 5.08. The molecule has 0 spiro atoms. The molecule has 1 fully saturated rings. The summed E-state index contributed by atoms with van der Waals surface area (Å²) < 4.78 is 2.12. The van der Waals surface area contributed by atoms with E-state index in [1.54, 1.807) is 6.08 Å². The van der Waals surface area contributed by atoms with Crippen molar-refractivity contribution < 1.29 is 9.90 Å². The molecule has 1 N–H and O–H groups in total. The van der Waals surface area contributed by atoms with Crippen LogP contribution in [0.5, 0.6) is 0 Å². The topological polar surface area (TPSA) is 45.5 Å². The molecule has 4 heteroatoms. The molecule has 1 aliphatic heterocycles. The zero-order valence-electron chi connectivity index (χ0n) is 18.3. The number of aliphatic hydroxyl groups excluding tert-OH is 1. The van der Waals surface area contributed by atoms with Gasteiger partial charge in [0.1, 0.15) is 0 Å². The molecule has 0 unspecified atom stereocenters. The second-order valence-electron chi connectivity index (χ2n) is 8.69. The Labute approximate surface area is 184 Å². The minimum Gasteiger partial charge on any atom is -0.390 e. The molecule has 1 saturated heterocycles. The fourth-order valence-corrected chi connectivity index (χ4v) is 4.44. The molecule has 162 valence electrons. The summed E-state index contributed by atoms with van der Waals surface area (Å²) in [5.41, 5.74) is 3.92. The number of fused-ring (bicyclic) bond motifs is 1. The third-order valence-corrected chi connectivity index (χ3v) is 6.14. The largest absolute Gasteiger partial charge is 0.390 e. The lowest BCUT2D eigenvalue weighted by molar-refractivity contribution is 0.101. The van der Waals surface area contributed by atoms with E-state index < -0.39 is 6.10 Å². The summed E-state index contributed by atoms with van der Waals surface area (Å²) >= 11 is 0. The number of likely N-dealkylation sites (tertiary alicyclic amines) is 1. The number of aliphatic hydroxyl groups is 1. The van der Waals surface area contributed by atoms with Gasteiger partial charge in [0.05, 0.1) is 6.10 Å². The molecule has 31 heavy (non-hydrogen) atoms. The number of hydrogen-bond acceptors (Lipinski definition) is 3. The first-order chi connectivity index (χ1) is 15.1. The lowest BCUT2D eigenvalue weighted by Crippen LogP contribution is -2.35. The number of benzene rings is 2. The minimum absolute atomic E-state index is 0.00182. The third-order valence-electron chi connectivity index (χ3n) is 6.14. The number of hydrogen-bond donors (Lipinski definition) is 1. The predicted molar refractivity (Wildman–Crippen MR) is 127 cm³/mol. The van der Waals surface area contributed by atoms with E-state index in [-0.39, 0.29) is 5.78 Å². The van der Waals surface area contributed by atoms with E-state index in [0.29, 0.717) is 18.7 Å². The molecule has 4 nitrogen and oxygen atoms in total. The Bertz CT molecular complexity index is 1040.